The number of hydrogen-bond donors (Lipinski definition) is 2. The molecule has 9 nitrogen and oxygen atoms in total. The highest BCUT2D eigenvalue weighted by Crippen LogP contribution is 2.29. The van der Waals surface area contributed by atoms with E-state index in [1.807, 2.05) is 55.5 Å². The van der Waals surface area contributed by atoms with Crippen LogP contribution in [-0.4, -0.2) is 61.8 Å². The van der Waals surface area contributed by atoms with Crippen LogP contribution >= 0.6 is 0 Å². The van der Waals surface area contributed by atoms with Gasteiger partial charge in [-0.2, -0.15) is 4.31 Å². The minimum atomic E-state index is -4.08. The first kappa shape index (κ1) is 28.1. The molecule has 212 valence electrons. The monoisotopic (exact) mass is 572 g/mol. The number of hydrogen-bond acceptors (Lipinski definition) is 5. The van der Waals surface area contributed by atoms with Crippen molar-refractivity contribution in [3.63, 3.8) is 0 Å². The summed E-state index contributed by atoms with van der Waals surface area (Å²) in [4.78, 5) is 28.4. The van der Waals surface area contributed by atoms with E-state index in [1.165, 1.54) is 9.21 Å². The van der Waals surface area contributed by atoms with E-state index in [2.05, 4.69) is 10.6 Å². The number of rotatable bonds is 8. The molecule has 1 aliphatic heterocycles. The third-order valence-corrected chi connectivity index (χ3v) is 8.95. The van der Waals surface area contributed by atoms with Gasteiger partial charge in [0.05, 0.1) is 11.5 Å². The molecule has 4 aromatic carbocycles. The van der Waals surface area contributed by atoms with Gasteiger partial charge in [-0.05, 0) is 48.2 Å². The van der Waals surface area contributed by atoms with E-state index < -0.39 is 28.0 Å². The lowest BCUT2D eigenvalue weighted by Gasteiger charge is -2.39. The second kappa shape index (κ2) is 12.4. The number of anilines is 1. The number of benzene rings is 4. The summed E-state index contributed by atoms with van der Waals surface area (Å²) < 4.78 is 34.8. The van der Waals surface area contributed by atoms with Gasteiger partial charge in [0.25, 0.3) is 0 Å². The lowest BCUT2D eigenvalue weighted by Crippen LogP contribution is -2.61. The zero-order valence-electron chi connectivity index (χ0n) is 22.7. The lowest BCUT2D eigenvalue weighted by molar-refractivity contribution is -0.126. The van der Waals surface area contributed by atoms with Gasteiger partial charge < -0.3 is 20.3 Å². The number of carbonyl (C=O) groups is 2. The highest BCUT2D eigenvalue weighted by molar-refractivity contribution is 7.89. The molecule has 0 radical (unpaired) electrons. The largest absolute Gasteiger partial charge is 0.494 e. The van der Waals surface area contributed by atoms with Gasteiger partial charge in [-0.15, -0.1) is 0 Å². The van der Waals surface area contributed by atoms with Gasteiger partial charge in [-0.25, -0.2) is 13.2 Å². The van der Waals surface area contributed by atoms with E-state index in [-0.39, 0.29) is 31.1 Å². The number of sulfonamides is 1. The van der Waals surface area contributed by atoms with Crippen molar-refractivity contribution in [2.24, 2.45) is 0 Å². The maximum atomic E-state index is 14.1. The van der Waals surface area contributed by atoms with Crippen LogP contribution in [0, 0.1) is 0 Å². The molecule has 1 atom stereocenters. The molecular weight excluding hydrogens is 540 g/mol. The van der Waals surface area contributed by atoms with E-state index in [0.29, 0.717) is 23.4 Å². The van der Waals surface area contributed by atoms with Crippen LogP contribution in [0.5, 0.6) is 5.75 Å². The molecule has 1 saturated heterocycles. The number of urea groups is 1. The van der Waals surface area contributed by atoms with Crippen LogP contribution < -0.4 is 15.4 Å². The Kier molecular flexibility index (Phi) is 8.51. The summed E-state index contributed by atoms with van der Waals surface area (Å²) in [5.41, 5.74) is 1.44. The zero-order valence-corrected chi connectivity index (χ0v) is 23.5. The normalized spacial score (nSPS) is 15.8. The van der Waals surface area contributed by atoms with Crippen molar-refractivity contribution in [2.75, 3.05) is 31.6 Å². The molecule has 1 heterocycles. The van der Waals surface area contributed by atoms with Crippen molar-refractivity contribution < 1.29 is 22.7 Å². The van der Waals surface area contributed by atoms with Gasteiger partial charge in [-0.3, -0.25) is 4.79 Å². The third kappa shape index (κ3) is 6.34. The average Bonchev–Trinajstić information content (AvgIpc) is 3.00. The fourth-order valence-corrected chi connectivity index (χ4v) is 6.69. The van der Waals surface area contributed by atoms with E-state index in [0.717, 1.165) is 10.9 Å². The van der Waals surface area contributed by atoms with Crippen LogP contribution in [0.15, 0.2) is 102 Å². The van der Waals surface area contributed by atoms with Gasteiger partial charge >= 0.3 is 6.03 Å². The molecule has 0 bridgehead atoms. The second-order valence-corrected chi connectivity index (χ2v) is 11.5. The van der Waals surface area contributed by atoms with Gasteiger partial charge in [0, 0.05) is 37.3 Å². The number of carbonyl (C=O) groups excluding carboxylic acids is 2. The summed E-state index contributed by atoms with van der Waals surface area (Å²) >= 11 is 0. The average molecular weight is 573 g/mol. The maximum Gasteiger partial charge on any atom is 0.321 e. The lowest BCUT2D eigenvalue weighted by atomic mass is 10.1. The van der Waals surface area contributed by atoms with Crippen LogP contribution in [0.3, 0.4) is 0 Å². The highest BCUT2D eigenvalue weighted by Gasteiger charge is 2.41. The number of amides is 3. The first-order valence-electron chi connectivity index (χ1n) is 13.5. The van der Waals surface area contributed by atoms with Crippen molar-refractivity contribution in [1.82, 2.24) is 14.5 Å². The Morgan fingerprint density at radius 3 is 2.34 bits per heavy atom. The molecule has 2 N–H and O–H groups in total. The van der Waals surface area contributed by atoms with E-state index in [1.54, 1.807) is 48.5 Å². The minimum Gasteiger partial charge on any atom is -0.494 e. The molecule has 1 fully saturated rings. The minimum absolute atomic E-state index is 0.0360. The van der Waals surface area contributed by atoms with Crippen molar-refractivity contribution >= 4 is 38.4 Å². The van der Waals surface area contributed by atoms with Crippen molar-refractivity contribution in [2.45, 2.75) is 24.4 Å². The molecule has 0 aromatic heterocycles. The van der Waals surface area contributed by atoms with Crippen LogP contribution in [0.25, 0.3) is 10.8 Å². The fraction of sp³-hybridized carbons (Fsp3) is 0.226. The van der Waals surface area contributed by atoms with Crippen molar-refractivity contribution in [1.29, 1.82) is 0 Å². The fourth-order valence-electron chi connectivity index (χ4n) is 4.91. The van der Waals surface area contributed by atoms with Crippen LogP contribution in [0.2, 0.25) is 0 Å². The number of nitrogens with zero attached hydrogens (tertiary/aromatic N) is 2. The molecule has 1 aliphatic rings. The number of fused-ring (bicyclic) bond motifs is 1. The Morgan fingerprint density at radius 1 is 0.878 bits per heavy atom. The predicted octanol–water partition coefficient (Wildman–Crippen LogP) is 4.46. The van der Waals surface area contributed by atoms with Gasteiger partial charge in [-0.1, -0.05) is 66.7 Å². The SMILES string of the molecule is CCOc1ccc(NC(=O)N2CCN(S(=O)(=O)c3cccc4ccccc34)C(C(=O)NCc3ccccc3)C2)cc1. The maximum absolute atomic E-state index is 14.1. The Bertz CT molecular complexity index is 1620. The predicted molar refractivity (Wildman–Crippen MR) is 158 cm³/mol. The Morgan fingerprint density at radius 2 is 1.59 bits per heavy atom. The quantitative estimate of drug-likeness (QED) is 0.324. The molecule has 4 aromatic rings. The number of nitrogens with one attached hydrogen (secondary N) is 2. The van der Waals surface area contributed by atoms with Gasteiger partial charge in [0.2, 0.25) is 15.9 Å². The van der Waals surface area contributed by atoms with Gasteiger partial charge in [0.1, 0.15) is 11.8 Å². The molecule has 1 unspecified atom stereocenters. The smallest absolute Gasteiger partial charge is 0.321 e. The third-order valence-electron chi connectivity index (χ3n) is 6.98. The highest BCUT2D eigenvalue weighted by atomic mass is 32.2. The van der Waals surface area contributed by atoms with E-state index in [9.17, 15) is 18.0 Å². The standard InChI is InChI=1S/C31H32N4O5S/c1-2-40-26-17-15-25(16-18-26)33-31(37)34-19-20-35(28(22-34)30(36)32-21-23-9-4-3-5-10-23)41(38,39)29-14-8-12-24-11-6-7-13-27(24)29/h3-18,28H,2,19-22H2,1H3,(H,32,36)(H,33,37). The summed E-state index contributed by atoms with van der Waals surface area (Å²) in [5.74, 6) is 0.212. The molecular formula is C31H32N4O5S. The summed E-state index contributed by atoms with van der Waals surface area (Å²) in [6, 6.07) is 27.1. The van der Waals surface area contributed by atoms with Gasteiger partial charge in [0.15, 0.2) is 0 Å². The van der Waals surface area contributed by atoms with Crippen LogP contribution in [0.4, 0.5) is 10.5 Å². The first-order valence-corrected chi connectivity index (χ1v) is 14.9. The van der Waals surface area contributed by atoms with Crippen molar-refractivity contribution in [3.05, 3.63) is 103 Å². The summed E-state index contributed by atoms with van der Waals surface area (Å²) in [7, 11) is -4.08. The number of ether oxygens (including phenoxy) is 1. The molecule has 0 aliphatic carbocycles. The molecule has 0 spiro atoms. The molecule has 0 saturated carbocycles. The van der Waals surface area contributed by atoms with E-state index >= 15 is 0 Å². The van der Waals surface area contributed by atoms with Crippen molar-refractivity contribution in [3.8, 4) is 5.75 Å². The second-order valence-electron chi connectivity index (χ2n) is 9.65. The Labute approximate surface area is 239 Å². The first-order chi connectivity index (χ1) is 19.9. The van der Waals surface area contributed by atoms with Crippen LogP contribution in [0.1, 0.15) is 12.5 Å². The summed E-state index contributed by atoms with van der Waals surface area (Å²) in [6.07, 6.45) is 0. The number of piperazine rings is 1. The summed E-state index contributed by atoms with van der Waals surface area (Å²) in [5, 5.41) is 7.07. The zero-order chi connectivity index (χ0) is 28.8. The molecule has 10 heteroatoms. The molecule has 5 rings (SSSR count). The Balaban J connectivity index is 1.40. The molecule has 3 amide bonds. The Hall–Kier alpha value is -4.41. The summed E-state index contributed by atoms with van der Waals surface area (Å²) in [6.45, 7) is 2.64. The van der Waals surface area contributed by atoms with E-state index in [4.69, 9.17) is 4.74 Å². The van der Waals surface area contributed by atoms with Crippen LogP contribution in [-0.2, 0) is 21.4 Å². The molecule has 41 heavy (non-hydrogen) atoms. The topological polar surface area (TPSA) is 108 Å².